The SMILES string of the molecule is Cn1cc([C@H]2CNC[C@@H]2C(=O)NCC(O)C2CCCCC2)cn1. The Hall–Kier alpha value is -1.40. The van der Waals surface area contributed by atoms with Crippen LogP contribution in [0.1, 0.15) is 43.6 Å². The van der Waals surface area contributed by atoms with E-state index in [0.29, 0.717) is 19.0 Å². The molecule has 0 radical (unpaired) electrons. The number of hydrogen-bond donors (Lipinski definition) is 3. The molecule has 1 aromatic heterocycles. The summed E-state index contributed by atoms with van der Waals surface area (Å²) in [6.07, 6.45) is 9.25. The van der Waals surface area contributed by atoms with E-state index in [0.717, 1.165) is 24.9 Å². The fraction of sp³-hybridized carbons (Fsp3) is 0.765. The van der Waals surface area contributed by atoms with Gasteiger partial charge in [-0.1, -0.05) is 19.3 Å². The van der Waals surface area contributed by atoms with Gasteiger partial charge in [-0.2, -0.15) is 5.10 Å². The zero-order chi connectivity index (χ0) is 16.2. The Balaban J connectivity index is 1.52. The van der Waals surface area contributed by atoms with Crippen LogP contribution in [0, 0.1) is 11.8 Å². The number of nitrogens with zero attached hydrogens (tertiary/aromatic N) is 2. The van der Waals surface area contributed by atoms with Crippen molar-refractivity contribution in [1.82, 2.24) is 20.4 Å². The molecule has 2 aliphatic rings. The van der Waals surface area contributed by atoms with Crippen molar-refractivity contribution >= 4 is 5.91 Å². The van der Waals surface area contributed by atoms with Crippen molar-refractivity contribution < 1.29 is 9.90 Å². The van der Waals surface area contributed by atoms with Crippen LogP contribution in [0.3, 0.4) is 0 Å². The van der Waals surface area contributed by atoms with Crippen LogP contribution in [-0.4, -0.2) is 46.5 Å². The summed E-state index contributed by atoms with van der Waals surface area (Å²) in [6, 6.07) is 0. The van der Waals surface area contributed by atoms with Gasteiger partial charge in [0.05, 0.1) is 18.2 Å². The first kappa shape index (κ1) is 16.5. The maximum Gasteiger partial charge on any atom is 0.225 e. The lowest BCUT2D eigenvalue weighted by Gasteiger charge is -2.27. The molecule has 1 unspecified atom stereocenters. The van der Waals surface area contributed by atoms with Crippen molar-refractivity contribution in [1.29, 1.82) is 0 Å². The Labute approximate surface area is 137 Å². The van der Waals surface area contributed by atoms with Gasteiger partial charge in [-0.05, 0) is 24.3 Å². The van der Waals surface area contributed by atoms with Crippen LogP contribution in [-0.2, 0) is 11.8 Å². The molecule has 0 spiro atoms. The number of carbonyl (C=O) groups excluding carboxylic acids is 1. The Bertz CT molecular complexity index is 524. The molecule has 2 fully saturated rings. The Morgan fingerprint density at radius 2 is 2.22 bits per heavy atom. The highest BCUT2D eigenvalue weighted by atomic mass is 16.3. The van der Waals surface area contributed by atoms with Gasteiger partial charge >= 0.3 is 0 Å². The number of aromatic nitrogens is 2. The minimum absolute atomic E-state index is 0.0405. The van der Waals surface area contributed by atoms with Gasteiger partial charge < -0.3 is 15.7 Å². The zero-order valence-corrected chi connectivity index (χ0v) is 13.9. The monoisotopic (exact) mass is 320 g/mol. The topological polar surface area (TPSA) is 79.2 Å². The molecule has 3 atom stereocenters. The summed E-state index contributed by atoms with van der Waals surface area (Å²) in [4.78, 5) is 12.5. The number of carbonyl (C=O) groups is 1. The second-order valence-corrected chi connectivity index (χ2v) is 7.03. The normalized spacial score (nSPS) is 27.0. The predicted octanol–water partition coefficient (Wildman–Crippen LogP) is 0.780. The van der Waals surface area contributed by atoms with Crippen molar-refractivity contribution in [2.75, 3.05) is 19.6 Å². The lowest BCUT2D eigenvalue weighted by Crippen LogP contribution is -2.41. The van der Waals surface area contributed by atoms with E-state index in [2.05, 4.69) is 15.7 Å². The molecule has 1 saturated carbocycles. The van der Waals surface area contributed by atoms with Gasteiger partial charge in [0.1, 0.15) is 0 Å². The van der Waals surface area contributed by atoms with Gasteiger partial charge in [-0.15, -0.1) is 0 Å². The minimum atomic E-state index is -0.412. The van der Waals surface area contributed by atoms with Crippen LogP contribution in [0.15, 0.2) is 12.4 Å². The molecule has 1 aliphatic carbocycles. The van der Waals surface area contributed by atoms with Crippen molar-refractivity contribution in [2.24, 2.45) is 18.9 Å². The Kier molecular flexibility index (Phi) is 5.33. The van der Waals surface area contributed by atoms with E-state index in [1.54, 1.807) is 4.68 Å². The molecular formula is C17H28N4O2. The summed E-state index contributed by atoms with van der Waals surface area (Å²) in [5.41, 5.74) is 1.10. The molecule has 1 aliphatic heterocycles. The number of rotatable bonds is 5. The highest BCUT2D eigenvalue weighted by molar-refractivity contribution is 5.80. The minimum Gasteiger partial charge on any atom is -0.391 e. The molecule has 0 bridgehead atoms. The maximum atomic E-state index is 12.5. The van der Waals surface area contributed by atoms with Crippen molar-refractivity contribution in [3.8, 4) is 0 Å². The van der Waals surface area contributed by atoms with Crippen LogP contribution < -0.4 is 10.6 Å². The van der Waals surface area contributed by atoms with Gasteiger partial charge in [0.25, 0.3) is 0 Å². The van der Waals surface area contributed by atoms with E-state index in [9.17, 15) is 9.90 Å². The molecule has 1 aromatic rings. The molecule has 0 aromatic carbocycles. The third-order valence-corrected chi connectivity index (χ3v) is 5.38. The van der Waals surface area contributed by atoms with E-state index in [1.807, 2.05) is 19.4 Å². The molecular weight excluding hydrogens is 292 g/mol. The van der Waals surface area contributed by atoms with Gasteiger partial charge in [-0.3, -0.25) is 9.48 Å². The highest BCUT2D eigenvalue weighted by Gasteiger charge is 2.35. The Morgan fingerprint density at radius 3 is 2.91 bits per heavy atom. The van der Waals surface area contributed by atoms with Gasteiger partial charge in [0.2, 0.25) is 5.91 Å². The van der Waals surface area contributed by atoms with E-state index in [4.69, 9.17) is 0 Å². The van der Waals surface area contributed by atoms with Crippen molar-refractivity contribution in [3.63, 3.8) is 0 Å². The standard InChI is InChI=1S/C17H28N4O2/c1-21-11-13(7-20-21)14-8-18-9-15(14)17(23)19-10-16(22)12-5-3-2-4-6-12/h7,11-12,14-16,18,22H,2-6,8-10H2,1H3,(H,19,23)/t14-,15+,16?/m1/s1. The second kappa shape index (κ2) is 7.45. The molecule has 6 nitrogen and oxygen atoms in total. The molecule has 1 saturated heterocycles. The number of aryl methyl sites for hydroxylation is 1. The fourth-order valence-electron chi connectivity index (χ4n) is 3.96. The fourth-order valence-corrected chi connectivity index (χ4v) is 3.96. The predicted molar refractivity (Wildman–Crippen MR) is 87.9 cm³/mol. The summed E-state index contributed by atoms with van der Waals surface area (Å²) in [7, 11) is 1.89. The number of nitrogens with one attached hydrogen (secondary N) is 2. The number of amides is 1. The lowest BCUT2D eigenvalue weighted by molar-refractivity contribution is -0.125. The average Bonchev–Trinajstić information content (AvgIpc) is 3.21. The molecule has 3 rings (SSSR count). The van der Waals surface area contributed by atoms with Crippen LogP contribution in [0.2, 0.25) is 0 Å². The second-order valence-electron chi connectivity index (χ2n) is 7.03. The largest absolute Gasteiger partial charge is 0.391 e. The molecule has 1 amide bonds. The summed E-state index contributed by atoms with van der Waals surface area (Å²) < 4.78 is 1.77. The van der Waals surface area contributed by atoms with Gasteiger partial charge in [0.15, 0.2) is 0 Å². The zero-order valence-electron chi connectivity index (χ0n) is 13.9. The molecule has 128 valence electrons. The van der Waals surface area contributed by atoms with E-state index in [-0.39, 0.29) is 17.7 Å². The molecule has 6 heteroatoms. The number of aliphatic hydroxyl groups is 1. The third kappa shape index (κ3) is 3.93. The van der Waals surface area contributed by atoms with Crippen LogP contribution in [0.4, 0.5) is 0 Å². The van der Waals surface area contributed by atoms with Gasteiger partial charge in [-0.25, -0.2) is 0 Å². The Morgan fingerprint density at radius 1 is 1.43 bits per heavy atom. The molecule has 3 N–H and O–H groups in total. The summed E-state index contributed by atoms with van der Waals surface area (Å²) >= 11 is 0. The van der Waals surface area contributed by atoms with E-state index >= 15 is 0 Å². The number of aliphatic hydroxyl groups excluding tert-OH is 1. The van der Waals surface area contributed by atoms with E-state index in [1.165, 1.54) is 19.3 Å². The highest BCUT2D eigenvalue weighted by Crippen LogP contribution is 2.28. The van der Waals surface area contributed by atoms with Crippen LogP contribution in [0.25, 0.3) is 0 Å². The van der Waals surface area contributed by atoms with Gasteiger partial charge in [0, 0.05) is 38.8 Å². The average molecular weight is 320 g/mol. The lowest BCUT2D eigenvalue weighted by atomic mass is 9.85. The van der Waals surface area contributed by atoms with Crippen LogP contribution >= 0.6 is 0 Å². The number of hydrogen-bond acceptors (Lipinski definition) is 4. The quantitative estimate of drug-likeness (QED) is 0.749. The van der Waals surface area contributed by atoms with Crippen molar-refractivity contribution in [3.05, 3.63) is 18.0 Å². The maximum absolute atomic E-state index is 12.5. The molecule has 2 heterocycles. The third-order valence-electron chi connectivity index (χ3n) is 5.38. The smallest absolute Gasteiger partial charge is 0.225 e. The first-order valence-corrected chi connectivity index (χ1v) is 8.80. The van der Waals surface area contributed by atoms with Crippen molar-refractivity contribution in [2.45, 2.75) is 44.1 Å². The summed E-state index contributed by atoms with van der Waals surface area (Å²) in [6.45, 7) is 1.86. The molecule has 23 heavy (non-hydrogen) atoms. The first-order valence-electron chi connectivity index (χ1n) is 8.80. The summed E-state index contributed by atoms with van der Waals surface area (Å²) in [5.74, 6) is 0.465. The van der Waals surface area contributed by atoms with E-state index < -0.39 is 6.10 Å². The first-order chi connectivity index (χ1) is 11.1. The van der Waals surface area contributed by atoms with Crippen LogP contribution in [0.5, 0.6) is 0 Å². The summed E-state index contributed by atoms with van der Waals surface area (Å²) in [5, 5.41) is 20.8.